The number of carbonyl (C=O) groups is 1. The number of alkyl halides is 3. The topological polar surface area (TPSA) is 72.4 Å². The zero-order chi connectivity index (χ0) is 21.4. The Bertz CT molecular complexity index is 717. The predicted octanol–water partition coefficient (Wildman–Crippen LogP) is 2.60. The molecule has 1 aromatic carbocycles. The number of piperidine rings is 1. The summed E-state index contributed by atoms with van der Waals surface area (Å²) in [6.45, 7) is 0.370. The van der Waals surface area contributed by atoms with Crippen molar-refractivity contribution in [2.75, 3.05) is 41.0 Å². The Morgan fingerprint density at radius 2 is 1.93 bits per heavy atom. The fourth-order valence-corrected chi connectivity index (χ4v) is 3.11. The van der Waals surface area contributed by atoms with Gasteiger partial charge in [0.05, 0.1) is 20.1 Å². The Hall–Kier alpha value is -2.65. The standard InChI is InChI=1S/C19H26F3N3O4/c1-23-18(25-8-6-14(7-9-25)17(26)28-3)24-11-13-4-5-15(16(10-13)27-2)29-12-19(20,21)22/h4-5,10,14H,6-9,11-12H2,1-3H3,(H,23,24). The molecule has 29 heavy (non-hydrogen) atoms. The van der Waals surface area contributed by atoms with E-state index in [0.29, 0.717) is 38.4 Å². The van der Waals surface area contributed by atoms with E-state index in [4.69, 9.17) is 14.2 Å². The van der Waals surface area contributed by atoms with Crippen LogP contribution in [-0.2, 0) is 16.1 Å². The summed E-state index contributed by atoms with van der Waals surface area (Å²) in [4.78, 5) is 18.0. The molecule has 10 heteroatoms. The second-order valence-electron chi connectivity index (χ2n) is 6.57. The molecule has 0 atom stereocenters. The number of halogens is 3. The summed E-state index contributed by atoms with van der Waals surface area (Å²) in [6.07, 6.45) is -3.04. The molecule has 1 fully saturated rings. The van der Waals surface area contributed by atoms with Crippen molar-refractivity contribution in [1.82, 2.24) is 10.2 Å². The van der Waals surface area contributed by atoms with Crippen LogP contribution in [0.2, 0.25) is 0 Å². The van der Waals surface area contributed by atoms with Gasteiger partial charge in [0.2, 0.25) is 0 Å². The molecule has 0 bridgehead atoms. The molecule has 1 N–H and O–H groups in total. The predicted molar refractivity (Wildman–Crippen MR) is 101 cm³/mol. The molecule has 0 saturated carbocycles. The van der Waals surface area contributed by atoms with E-state index in [-0.39, 0.29) is 23.4 Å². The number of rotatable bonds is 6. The van der Waals surface area contributed by atoms with Crippen LogP contribution in [0.4, 0.5) is 13.2 Å². The number of nitrogens with zero attached hydrogens (tertiary/aromatic N) is 2. The maximum Gasteiger partial charge on any atom is 0.422 e. The van der Waals surface area contributed by atoms with E-state index < -0.39 is 12.8 Å². The van der Waals surface area contributed by atoms with Crippen LogP contribution in [0.25, 0.3) is 0 Å². The normalized spacial score (nSPS) is 15.8. The van der Waals surface area contributed by atoms with E-state index in [1.54, 1.807) is 19.2 Å². The smallest absolute Gasteiger partial charge is 0.422 e. The lowest BCUT2D eigenvalue weighted by atomic mass is 9.97. The summed E-state index contributed by atoms with van der Waals surface area (Å²) in [5, 5.41) is 3.22. The van der Waals surface area contributed by atoms with Gasteiger partial charge in [0, 0.05) is 26.7 Å². The van der Waals surface area contributed by atoms with E-state index in [2.05, 4.69) is 15.2 Å². The number of methoxy groups -OCH3 is 2. The summed E-state index contributed by atoms with van der Waals surface area (Å²) >= 11 is 0. The first-order valence-corrected chi connectivity index (χ1v) is 9.17. The molecule has 0 spiro atoms. The highest BCUT2D eigenvalue weighted by Crippen LogP contribution is 2.29. The Balaban J connectivity index is 1.93. The van der Waals surface area contributed by atoms with Crippen molar-refractivity contribution in [2.24, 2.45) is 10.9 Å². The van der Waals surface area contributed by atoms with Crippen molar-refractivity contribution in [1.29, 1.82) is 0 Å². The summed E-state index contributed by atoms with van der Waals surface area (Å²) in [6, 6.07) is 4.74. The SMILES string of the molecule is CN=C(NCc1ccc(OCC(F)(F)F)c(OC)c1)N1CCC(C(=O)OC)CC1. The van der Waals surface area contributed by atoms with Crippen molar-refractivity contribution in [3.05, 3.63) is 23.8 Å². The lowest BCUT2D eigenvalue weighted by Crippen LogP contribution is -2.46. The van der Waals surface area contributed by atoms with Crippen LogP contribution in [0.1, 0.15) is 18.4 Å². The molecule has 1 aliphatic rings. The van der Waals surface area contributed by atoms with Gasteiger partial charge in [-0.2, -0.15) is 13.2 Å². The minimum absolute atomic E-state index is 0.0304. The quantitative estimate of drug-likeness (QED) is 0.436. The van der Waals surface area contributed by atoms with Crippen LogP contribution in [-0.4, -0.2) is 64.0 Å². The maximum atomic E-state index is 12.4. The molecule has 162 valence electrons. The van der Waals surface area contributed by atoms with E-state index in [1.807, 2.05) is 0 Å². The fourth-order valence-electron chi connectivity index (χ4n) is 3.11. The molecule has 1 aliphatic heterocycles. The van der Waals surface area contributed by atoms with Crippen LogP contribution in [0.5, 0.6) is 11.5 Å². The first-order chi connectivity index (χ1) is 13.8. The molecule has 0 amide bonds. The second-order valence-corrected chi connectivity index (χ2v) is 6.57. The second kappa shape index (κ2) is 10.2. The number of hydrogen-bond acceptors (Lipinski definition) is 5. The van der Waals surface area contributed by atoms with Gasteiger partial charge in [-0.05, 0) is 30.5 Å². The summed E-state index contributed by atoms with van der Waals surface area (Å²) < 4.78 is 51.8. The van der Waals surface area contributed by atoms with Gasteiger partial charge >= 0.3 is 12.1 Å². The number of aliphatic imine (C=N–C) groups is 1. The molecule has 1 heterocycles. The summed E-state index contributed by atoms with van der Waals surface area (Å²) in [7, 11) is 4.43. The average molecular weight is 417 g/mol. The highest BCUT2D eigenvalue weighted by atomic mass is 19.4. The number of guanidine groups is 1. The molecule has 0 unspecified atom stereocenters. The number of nitrogens with one attached hydrogen (secondary N) is 1. The number of esters is 1. The molecule has 2 rings (SSSR count). The number of benzene rings is 1. The third kappa shape index (κ3) is 6.72. The third-order valence-electron chi connectivity index (χ3n) is 4.61. The fraction of sp³-hybridized carbons (Fsp3) is 0.579. The Labute approximate surface area is 167 Å². The highest BCUT2D eigenvalue weighted by Gasteiger charge is 2.29. The lowest BCUT2D eigenvalue weighted by Gasteiger charge is -2.33. The molecule has 0 radical (unpaired) electrons. The van der Waals surface area contributed by atoms with Crippen molar-refractivity contribution < 1.29 is 32.2 Å². The van der Waals surface area contributed by atoms with Gasteiger partial charge in [-0.25, -0.2) is 0 Å². The van der Waals surface area contributed by atoms with Crippen molar-refractivity contribution in [3.8, 4) is 11.5 Å². The van der Waals surface area contributed by atoms with E-state index in [9.17, 15) is 18.0 Å². The van der Waals surface area contributed by atoms with Crippen LogP contribution in [0.15, 0.2) is 23.2 Å². The van der Waals surface area contributed by atoms with Gasteiger partial charge in [-0.3, -0.25) is 9.79 Å². The molecule has 0 aromatic heterocycles. The molecular formula is C19H26F3N3O4. The van der Waals surface area contributed by atoms with Gasteiger partial charge in [0.25, 0.3) is 0 Å². The first kappa shape index (κ1) is 22.6. The number of likely N-dealkylation sites (tertiary alicyclic amines) is 1. The Morgan fingerprint density at radius 3 is 2.48 bits per heavy atom. The zero-order valence-corrected chi connectivity index (χ0v) is 16.7. The van der Waals surface area contributed by atoms with Crippen molar-refractivity contribution in [3.63, 3.8) is 0 Å². The summed E-state index contributed by atoms with van der Waals surface area (Å²) in [5.41, 5.74) is 0.798. The van der Waals surface area contributed by atoms with E-state index >= 15 is 0 Å². The van der Waals surface area contributed by atoms with Gasteiger partial charge in [-0.15, -0.1) is 0 Å². The first-order valence-electron chi connectivity index (χ1n) is 9.17. The molecule has 7 nitrogen and oxygen atoms in total. The van der Waals surface area contributed by atoms with Gasteiger partial charge in [-0.1, -0.05) is 6.07 Å². The van der Waals surface area contributed by atoms with Gasteiger partial charge in [0.15, 0.2) is 24.1 Å². The Kier molecular flexibility index (Phi) is 7.98. The van der Waals surface area contributed by atoms with Crippen molar-refractivity contribution in [2.45, 2.75) is 25.6 Å². The van der Waals surface area contributed by atoms with Crippen LogP contribution in [0.3, 0.4) is 0 Å². The minimum atomic E-state index is -4.42. The maximum absolute atomic E-state index is 12.4. The largest absolute Gasteiger partial charge is 0.493 e. The zero-order valence-electron chi connectivity index (χ0n) is 16.7. The summed E-state index contributed by atoms with van der Waals surface area (Å²) in [5.74, 6) is 0.658. The van der Waals surface area contributed by atoms with Gasteiger partial charge in [0.1, 0.15) is 0 Å². The van der Waals surface area contributed by atoms with Crippen LogP contribution < -0.4 is 14.8 Å². The number of hydrogen-bond donors (Lipinski definition) is 1. The third-order valence-corrected chi connectivity index (χ3v) is 4.61. The molecular weight excluding hydrogens is 391 g/mol. The van der Waals surface area contributed by atoms with E-state index in [1.165, 1.54) is 20.3 Å². The average Bonchev–Trinajstić information content (AvgIpc) is 2.72. The number of carbonyl (C=O) groups excluding carboxylic acids is 1. The van der Waals surface area contributed by atoms with Crippen molar-refractivity contribution >= 4 is 11.9 Å². The Morgan fingerprint density at radius 1 is 1.24 bits per heavy atom. The van der Waals surface area contributed by atoms with Crippen LogP contribution >= 0.6 is 0 Å². The lowest BCUT2D eigenvalue weighted by molar-refractivity contribution is -0.153. The minimum Gasteiger partial charge on any atom is -0.493 e. The number of ether oxygens (including phenoxy) is 3. The molecule has 1 saturated heterocycles. The molecule has 0 aliphatic carbocycles. The van der Waals surface area contributed by atoms with Crippen LogP contribution in [0, 0.1) is 5.92 Å². The highest BCUT2D eigenvalue weighted by molar-refractivity contribution is 5.80. The van der Waals surface area contributed by atoms with Gasteiger partial charge < -0.3 is 24.4 Å². The monoisotopic (exact) mass is 417 g/mol. The molecule has 1 aromatic rings. The van der Waals surface area contributed by atoms with E-state index in [0.717, 1.165) is 5.56 Å².